The summed E-state index contributed by atoms with van der Waals surface area (Å²) in [4.78, 5) is 4.64. The van der Waals surface area contributed by atoms with Gasteiger partial charge in [-0.1, -0.05) is 18.2 Å². The van der Waals surface area contributed by atoms with Crippen LogP contribution in [-0.2, 0) is 9.47 Å². The summed E-state index contributed by atoms with van der Waals surface area (Å²) in [6.45, 7) is 9.00. The van der Waals surface area contributed by atoms with Gasteiger partial charge < -0.3 is 25.4 Å². The lowest BCUT2D eigenvalue weighted by Gasteiger charge is -2.21. The maximum atomic E-state index is 5.81. The van der Waals surface area contributed by atoms with Crippen molar-refractivity contribution in [1.82, 2.24) is 10.6 Å². The standard InChI is InChI=1S/C21H36N4O2.HI/c1-2-22-21(24-13-6-12-23-20-8-4-3-5-9-20)25-14-7-15-27-18-19-10-16-26-17-11-19;/h3-5,8-9,19,23H,2,6-7,10-18H2,1H3,(H2,22,24,25);1H. The Kier molecular flexibility index (Phi) is 15.0. The summed E-state index contributed by atoms with van der Waals surface area (Å²) in [5.74, 6) is 1.57. The summed E-state index contributed by atoms with van der Waals surface area (Å²) in [6, 6.07) is 10.3. The average Bonchev–Trinajstić information content (AvgIpc) is 2.71. The number of rotatable bonds is 12. The van der Waals surface area contributed by atoms with E-state index in [0.29, 0.717) is 5.92 Å². The summed E-state index contributed by atoms with van der Waals surface area (Å²) >= 11 is 0. The Bertz CT molecular complexity index is 510. The van der Waals surface area contributed by atoms with Crippen molar-refractivity contribution in [3.05, 3.63) is 30.3 Å². The highest BCUT2D eigenvalue weighted by molar-refractivity contribution is 14.0. The minimum Gasteiger partial charge on any atom is -0.385 e. The van der Waals surface area contributed by atoms with E-state index in [-0.39, 0.29) is 24.0 Å². The van der Waals surface area contributed by atoms with E-state index in [0.717, 1.165) is 89.9 Å². The Balaban J connectivity index is 0.00000392. The van der Waals surface area contributed by atoms with Gasteiger partial charge in [-0.25, -0.2) is 0 Å². The molecule has 1 aliphatic rings. The monoisotopic (exact) mass is 504 g/mol. The second-order valence-corrected chi connectivity index (χ2v) is 6.82. The van der Waals surface area contributed by atoms with Crippen LogP contribution in [0.15, 0.2) is 35.3 Å². The first-order valence-electron chi connectivity index (χ1n) is 10.3. The molecule has 0 radical (unpaired) electrons. The van der Waals surface area contributed by atoms with Gasteiger partial charge >= 0.3 is 0 Å². The van der Waals surface area contributed by atoms with E-state index in [9.17, 15) is 0 Å². The van der Waals surface area contributed by atoms with Gasteiger partial charge in [0.15, 0.2) is 5.96 Å². The first-order valence-corrected chi connectivity index (χ1v) is 10.3. The lowest BCUT2D eigenvalue weighted by molar-refractivity contribution is 0.0203. The SMILES string of the molecule is CCNC(=NCCCNc1ccccc1)NCCCOCC1CCOCC1.I. The van der Waals surface area contributed by atoms with Crippen molar-refractivity contribution in [2.24, 2.45) is 10.9 Å². The number of para-hydroxylation sites is 1. The summed E-state index contributed by atoms with van der Waals surface area (Å²) in [7, 11) is 0. The van der Waals surface area contributed by atoms with Crippen LogP contribution in [0, 0.1) is 5.92 Å². The molecule has 0 aromatic heterocycles. The van der Waals surface area contributed by atoms with Crippen LogP contribution in [0.2, 0.25) is 0 Å². The molecular weight excluding hydrogens is 467 g/mol. The maximum Gasteiger partial charge on any atom is 0.191 e. The molecule has 1 aromatic rings. The van der Waals surface area contributed by atoms with Crippen molar-refractivity contribution in [3.63, 3.8) is 0 Å². The molecular formula is C21H37IN4O2. The summed E-state index contributed by atoms with van der Waals surface area (Å²) in [5.41, 5.74) is 1.16. The van der Waals surface area contributed by atoms with E-state index in [4.69, 9.17) is 9.47 Å². The second kappa shape index (κ2) is 16.9. The van der Waals surface area contributed by atoms with E-state index >= 15 is 0 Å². The Morgan fingerprint density at radius 2 is 1.89 bits per heavy atom. The summed E-state index contributed by atoms with van der Waals surface area (Å²) in [6.07, 6.45) is 4.26. The summed E-state index contributed by atoms with van der Waals surface area (Å²) < 4.78 is 11.2. The quantitative estimate of drug-likeness (QED) is 0.176. The van der Waals surface area contributed by atoms with Crippen LogP contribution < -0.4 is 16.0 Å². The number of ether oxygens (including phenoxy) is 2. The molecule has 0 atom stereocenters. The average molecular weight is 504 g/mol. The van der Waals surface area contributed by atoms with Crippen LogP contribution in [0.1, 0.15) is 32.6 Å². The molecule has 0 amide bonds. The van der Waals surface area contributed by atoms with Crippen molar-refractivity contribution >= 4 is 35.6 Å². The number of hydrogen-bond donors (Lipinski definition) is 3. The van der Waals surface area contributed by atoms with Gasteiger partial charge in [0.05, 0.1) is 0 Å². The number of aliphatic imine (C=N–C) groups is 1. The molecule has 0 spiro atoms. The molecule has 1 aliphatic heterocycles. The predicted octanol–water partition coefficient (Wildman–Crippen LogP) is 3.50. The third kappa shape index (κ3) is 11.7. The fourth-order valence-electron chi connectivity index (χ4n) is 2.94. The first-order chi connectivity index (χ1) is 13.4. The lowest BCUT2D eigenvalue weighted by atomic mass is 10.0. The van der Waals surface area contributed by atoms with Gasteiger partial charge in [0.1, 0.15) is 0 Å². The van der Waals surface area contributed by atoms with Crippen molar-refractivity contribution in [1.29, 1.82) is 0 Å². The van der Waals surface area contributed by atoms with Crippen LogP contribution in [-0.4, -0.2) is 58.6 Å². The van der Waals surface area contributed by atoms with Crippen LogP contribution >= 0.6 is 24.0 Å². The number of anilines is 1. The number of guanidine groups is 1. The fraction of sp³-hybridized carbons (Fsp3) is 0.667. The van der Waals surface area contributed by atoms with Gasteiger partial charge in [-0.3, -0.25) is 4.99 Å². The molecule has 1 saturated heterocycles. The number of halogens is 1. The van der Waals surface area contributed by atoms with Gasteiger partial charge in [-0.2, -0.15) is 0 Å². The van der Waals surface area contributed by atoms with E-state index < -0.39 is 0 Å². The Labute approximate surface area is 187 Å². The zero-order chi connectivity index (χ0) is 19.0. The molecule has 0 unspecified atom stereocenters. The molecule has 2 rings (SSSR count). The van der Waals surface area contributed by atoms with E-state index in [1.165, 1.54) is 0 Å². The fourth-order valence-corrected chi connectivity index (χ4v) is 2.94. The predicted molar refractivity (Wildman–Crippen MR) is 128 cm³/mol. The molecule has 0 saturated carbocycles. The second-order valence-electron chi connectivity index (χ2n) is 6.82. The zero-order valence-electron chi connectivity index (χ0n) is 17.1. The third-order valence-corrected chi connectivity index (χ3v) is 4.50. The molecule has 1 aromatic carbocycles. The van der Waals surface area contributed by atoms with Gasteiger partial charge in [0, 0.05) is 58.3 Å². The minimum absolute atomic E-state index is 0. The van der Waals surface area contributed by atoms with Crippen molar-refractivity contribution in [2.45, 2.75) is 32.6 Å². The number of nitrogens with zero attached hydrogens (tertiary/aromatic N) is 1. The molecule has 28 heavy (non-hydrogen) atoms. The highest BCUT2D eigenvalue weighted by Crippen LogP contribution is 2.14. The first kappa shape index (κ1) is 25.0. The van der Waals surface area contributed by atoms with Crippen LogP contribution in [0.4, 0.5) is 5.69 Å². The Morgan fingerprint density at radius 3 is 2.64 bits per heavy atom. The molecule has 7 heteroatoms. The minimum atomic E-state index is 0. The molecule has 0 bridgehead atoms. The van der Waals surface area contributed by atoms with Gasteiger partial charge in [0.2, 0.25) is 0 Å². The van der Waals surface area contributed by atoms with E-state index in [1.54, 1.807) is 0 Å². The smallest absolute Gasteiger partial charge is 0.191 e. The molecule has 160 valence electrons. The van der Waals surface area contributed by atoms with Crippen LogP contribution in [0.3, 0.4) is 0 Å². The van der Waals surface area contributed by atoms with Crippen LogP contribution in [0.5, 0.6) is 0 Å². The number of hydrogen-bond acceptors (Lipinski definition) is 4. The topological polar surface area (TPSA) is 66.9 Å². The molecule has 0 aliphatic carbocycles. The normalized spacial score (nSPS) is 15.0. The van der Waals surface area contributed by atoms with Gasteiger partial charge in [-0.05, 0) is 50.7 Å². The third-order valence-electron chi connectivity index (χ3n) is 4.50. The molecule has 6 nitrogen and oxygen atoms in total. The number of nitrogens with one attached hydrogen (secondary N) is 3. The van der Waals surface area contributed by atoms with E-state index in [1.807, 2.05) is 18.2 Å². The maximum absolute atomic E-state index is 5.81. The molecule has 3 N–H and O–H groups in total. The molecule has 1 fully saturated rings. The van der Waals surface area contributed by atoms with Crippen LogP contribution in [0.25, 0.3) is 0 Å². The highest BCUT2D eigenvalue weighted by atomic mass is 127. The van der Waals surface area contributed by atoms with Gasteiger partial charge in [-0.15, -0.1) is 24.0 Å². The number of benzene rings is 1. The van der Waals surface area contributed by atoms with Gasteiger partial charge in [0.25, 0.3) is 0 Å². The van der Waals surface area contributed by atoms with Crippen molar-refractivity contribution in [3.8, 4) is 0 Å². The lowest BCUT2D eigenvalue weighted by Crippen LogP contribution is -2.38. The van der Waals surface area contributed by atoms with Crippen molar-refractivity contribution in [2.75, 3.05) is 57.9 Å². The Hall–Kier alpha value is -1.06. The van der Waals surface area contributed by atoms with Crippen molar-refractivity contribution < 1.29 is 9.47 Å². The van der Waals surface area contributed by atoms with E-state index in [2.05, 4.69) is 40.0 Å². The Morgan fingerprint density at radius 1 is 1.11 bits per heavy atom. The largest absolute Gasteiger partial charge is 0.385 e. The molecule has 1 heterocycles. The summed E-state index contributed by atoms with van der Waals surface area (Å²) in [5, 5.41) is 10.1. The highest BCUT2D eigenvalue weighted by Gasteiger charge is 2.13. The zero-order valence-corrected chi connectivity index (χ0v) is 19.5.